The van der Waals surface area contributed by atoms with Crippen LogP contribution in [-0.2, 0) is 6.54 Å². The molecule has 1 heterocycles. The SMILES string of the molecule is CNC(=O)c1ccc(CN(C)[C@@H](C)c2nnc(-c3ccc(OC)cc3)o2)cc1. The quantitative estimate of drug-likeness (QED) is 0.677. The number of carbonyl (C=O) groups is 1. The van der Waals surface area contributed by atoms with E-state index in [0.29, 0.717) is 23.9 Å². The number of methoxy groups -OCH3 is 1. The Morgan fingerprint density at radius 3 is 2.43 bits per heavy atom. The van der Waals surface area contributed by atoms with Crippen LogP contribution in [0, 0.1) is 0 Å². The summed E-state index contributed by atoms with van der Waals surface area (Å²) in [7, 11) is 5.24. The van der Waals surface area contributed by atoms with E-state index in [4.69, 9.17) is 9.15 Å². The summed E-state index contributed by atoms with van der Waals surface area (Å²) in [5.74, 6) is 1.72. The van der Waals surface area contributed by atoms with Crippen molar-refractivity contribution >= 4 is 5.91 Å². The average molecular weight is 380 g/mol. The second-order valence-corrected chi connectivity index (χ2v) is 6.54. The van der Waals surface area contributed by atoms with E-state index in [-0.39, 0.29) is 11.9 Å². The van der Waals surface area contributed by atoms with E-state index in [9.17, 15) is 4.79 Å². The molecular weight excluding hydrogens is 356 g/mol. The molecule has 1 atom stereocenters. The maximum absolute atomic E-state index is 11.6. The maximum Gasteiger partial charge on any atom is 0.251 e. The van der Waals surface area contributed by atoms with Crippen LogP contribution in [0.5, 0.6) is 5.75 Å². The summed E-state index contributed by atoms with van der Waals surface area (Å²) >= 11 is 0. The Balaban J connectivity index is 1.67. The first-order chi connectivity index (χ1) is 13.5. The van der Waals surface area contributed by atoms with Gasteiger partial charge in [0.2, 0.25) is 11.8 Å². The van der Waals surface area contributed by atoms with Crippen LogP contribution >= 0.6 is 0 Å². The van der Waals surface area contributed by atoms with Crippen molar-refractivity contribution in [2.24, 2.45) is 0 Å². The number of ether oxygens (including phenoxy) is 1. The van der Waals surface area contributed by atoms with Crippen molar-refractivity contribution in [3.05, 3.63) is 65.5 Å². The molecule has 28 heavy (non-hydrogen) atoms. The molecule has 1 aromatic heterocycles. The molecule has 3 aromatic rings. The van der Waals surface area contributed by atoms with Crippen molar-refractivity contribution in [3.63, 3.8) is 0 Å². The first-order valence-corrected chi connectivity index (χ1v) is 9.01. The van der Waals surface area contributed by atoms with E-state index in [0.717, 1.165) is 16.9 Å². The standard InChI is InChI=1S/C21H24N4O3/c1-14(25(3)13-15-5-7-16(8-6-15)19(26)22-2)20-23-24-21(28-20)17-9-11-18(27-4)12-10-17/h5-12,14H,13H2,1-4H3,(H,22,26)/t14-/m0/s1. The number of hydrogen-bond donors (Lipinski definition) is 1. The van der Waals surface area contributed by atoms with Crippen molar-refractivity contribution in [3.8, 4) is 17.2 Å². The van der Waals surface area contributed by atoms with Gasteiger partial charge in [-0.1, -0.05) is 12.1 Å². The molecular formula is C21H24N4O3. The van der Waals surface area contributed by atoms with Crippen molar-refractivity contribution in [1.82, 2.24) is 20.4 Å². The number of amides is 1. The fraction of sp³-hybridized carbons (Fsp3) is 0.286. The van der Waals surface area contributed by atoms with Crippen LogP contribution in [0.3, 0.4) is 0 Å². The molecule has 0 saturated heterocycles. The van der Waals surface area contributed by atoms with Gasteiger partial charge in [-0.3, -0.25) is 9.69 Å². The second kappa shape index (κ2) is 8.67. The van der Waals surface area contributed by atoms with E-state index in [1.165, 1.54) is 0 Å². The Morgan fingerprint density at radius 2 is 1.82 bits per heavy atom. The third-order valence-corrected chi connectivity index (χ3v) is 4.67. The number of carbonyl (C=O) groups excluding carboxylic acids is 1. The number of aromatic nitrogens is 2. The third-order valence-electron chi connectivity index (χ3n) is 4.67. The van der Waals surface area contributed by atoms with Gasteiger partial charge >= 0.3 is 0 Å². The molecule has 1 N–H and O–H groups in total. The normalized spacial score (nSPS) is 12.0. The first-order valence-electron chi connectivity index (χ1n) is 9.01. The number of nitrogens with zero attached hydrogens (tertiary/aromatic N) is 3. The lowest BCUT2D eigenvalue weighted by Crippen LogP contribution is -2.22. The van der Waals surface area contributed by atoms with Crippen molar-refractivity contribution in [2.75, 3.05) is 21.2 Å². The molecule has 0 aliphatic heterocycles. The van der Waals surface area contributed by atoms with Gasteiger partial charge in [0.05, 0.1) is 13.2 Å². The van der Waals surface area contributed by atoms with E-state index in [2.05, 4.69) is 20.4 Å². The third kappa shape index (κ3) is 4.37. The first kappa shape index (κ1) is 19.6. The minimum absolute atomic E-state index is 0.0573. The zero-order chi connectivity index (χ0) is 20.1. The molecule has 0 bridgehead atoms. The highest BCUT2D eigenvalue weighted by Crippen LogP contribution is 2.25. The van der Waals surface area contributed by atoms with Crippen LogP contribution in [0.4, 0.5) is 0 Å². The lowest BCUT2D eigenvalue weighted by Gasteiger charge is -2.21. The maximum atomic E-state index is 11.6. The number of nitrogens with one attached hydrogen (secondary N) is 1. The highest BCUT2D eigenvalue weighted by atomic mass is 16.5. The Labute approximate surface area is 164 Å². The molecule has 0 fully saturated rings. The second-order valence-electron chi connectivity index (χ2n) is 6.54. The molecule has 2 aromatic carbocycles. The Kier molecular flexibility index (Phi) is 6.06. The van der Waals surface area contributed by atoms with Gasteiger partial charge in [-0.05, 0) is 55.9 Å². The summed E-state index contributed by atoms with van der Waals surface area (Å²) in [4.78, 5) is 13.8. The number of rotatable bonds is 7. The zero-order valence-corrected chi connectivity index (χ0v) is 16.5. The van der Waals surface area contributed by atoms with Crippen LogP contribution in [-0.4, -0.2) is 42.2 Å². The molecule has 1 amide bonds. The van der Waals surface area contributed by atoms with Gasteiger partial charge in [-0.25, -0.2) is 0 Å². The topological polar surface area (TPSA) is 80.5 Å². The molecule has 0 aliphatic rings. The van der Waals surface area contributed by atoms with Crippen LogP contribution in [0.25, 0.3) is 11.5 Å². The molecule has 0 saturated carbocycles. The predicted octanol–water partition coefficient (Wildman–Crippen LogP) is 3.30. The summed E-state index contributed by atoms with van der Waals surface area (Å²) in [5, 5.41) is 11.0. The van der Waals surface area contributed by atoms with Gasteiger partial charge in [0, 0.05) is 24.7 Å². The van der Waals surface area contributed by atoms with Gasteiger partial charge in [-0.15, -0.1) is 10.2 Å². The molecule has 0 unspecified atom stereocenters. The van der Waals surface area contributed by atoms with E-state index in [1.807, 2.05) is 62.5 Å². The summed E-state index contributed by atoms with van der Waals surface area (Å²) in [6.07, 6.45) is 0. The molecule has 0 spiro atoms. The lowest BCUT2D eigenvalue weighted by atomic mass is 10.1. The Hall–Kier alpha value is -3.19. The lowest BCUT2D eigenvalue weighted by molar-refractivity contribution is 0.0963. The highest BCUT2D eigenvalue weighted by molar-refractivity contribution is 5.93. The Morgan fingerprint density at radius 1 is 1.14 bits per heavy atom. The van der Waals surface area contributed by atoms with Crippen molar-refractivity contribution in [2.45, 2.75) is 19.5 Å². The minimum atomic E-state index is -0.0924. The van der Waals surface area contributed by atoms with Crippen LogP contribution in [0.1, 0.15) is 34.8 Å². The molecule has 0 radical (unpaired) electrons. The number of hydrogen-bond acceptors (Lipinski definition) is 6. The van der Waals surface area contributed by atoms with Crippen LogP contribution in [0.15, 0.2) is 52.9 Å². The van der Waals surface area contributed by atoms with E-state index >= 15 is 0 Å². The number of benzene rings is 2. The van der Waals surface area contributed by atoms with E-state index in [1.54, 1.807) is 14.2 Å². The zero-order valence-electron chi connectivity index (χ0n) is 16.5. The summed E-state index contributed by atoms with van der Waals surface area (Å²) < 4.78 is 11.0. The molecule has 3 rings (SSSR count). The highest BCUT2D eigenvalue weighted by Gasteiger charge is 2.19. The summed E-state index contributed by atoms with van der Waals surface area (Å²) in [5.41, 5.74) is 2.58. The smallest absolute Gasteiger partial charge is 0.251 e. The van der Waals surface area contributed by atoms with Gasteiger partial charge in [-0.2, -0.15) is 0 Å². The van der Waals surface area contributed by atoms with E-state index < -0.39 is 0 Å². The van der Waals surface area contributed by atoms with Gasteiger partial charge in [0.15, 0.2) is 0 Å². The van der Waals surface area contributed by atoms with Crippen molar-refractivity contribution < 1.29 is 13.9 Å². The Bertz CT molecular complexity index is 920. The van der Waals surface area contributed by atoms with Gasteiger partial charge < -0.3 is 14.5 Å². The molecule has 7 nitrogen and oxygen atoms in total. The summed E-state index contributed by atoms with van der Waals surface area (Å²) in [6, 6.07) is 15.0. The predicted molar refractivity (Wildman–Crippen MR) is 106 cm³/mol. The van der Waals surface area contributed by atoms with Gasteiger partial charge in [0.1, 0.15) is 5.75 Å². The van der Waals surface area contributed by atoms with Crippen molar-refractivity contribution in [1.29, 1.82) is 0 Å². The largest absolute Gasteiger partial charge is 0.497 e. The molecule has 0 aliphatic carbocycles. The monoisotopic (exact) mass is 380 g/mol. The molecule has 146 valence electrons. The fourth-order valence-electron chi connectivity index (χ4n) is 2.77. The fourth-order valence-corrected chi connectivity index (χ4v) is 2.77. The van der Waals surface area contributed by atoms with Crippen LogP contribution < -0.4 is 10.1 Å². The van der Waals surface area contributed by atoms with Gasteiger partial charge in [0.25, 0.3) is 5.91 Å². The molecule has 7 heteroatoms. The minimum Gasteiger partial charge on any atom is -0.497 e. The van der Waals surface area contributed by atoms with Crippen LogP contribution in [0.2, 0.25) is 0 Å². The average Bonchev–Trinajstić information content (AvgIpc) is 3.23. The summed E-state index contributed by atoms with van der Waals surface area (Å²) in [6.45, 7) is 2.71.